The van der Waals surface area contributed by atoms with Gasteiger partial charge < -0.3 is 5.11 Å². The summed E-state index contributed by atoms with van der Waals surface area (Å²) in [5.41, 5.74) is -0.410. The number of carboxylic acid groups (broad SMARTS) is 1. The van der Waals surface area contributed by atoms with Gasteiger partial charge >= 0.3 is 5.97 Å². The Bertz CT molecular complexity index is 170. The lowest BCUT2D eigenvalue weighted by atomic mass is 10.3. The zero-order chi connectivity index (χ0) is 8.31. The third-order valence-electron chi connectivity index (χ3n) is 0.652. The average Bonchev–Trinajstić information content (AvgIpc) is 1.59. The van der Waals surface area contributed by atoms with E-state index in [1.54, 1.807) is 0 Å². The van der Waals surface area contributed by atoms with Gasteiger partial charge in [-0.05, 0) is 0 Å². The van der Waals surface area contributed by atoms with Gasteiger partial charge in [-0.1, -0.05) is 46.4 Å². The Hall–Kier alpha value is 0.370. The molecule has 0 radical (unpaired) electrons. The minimum Gasteiger partial charge on any atom is -0.478 e. The summed E-state index contributed by atoms with van der Waals surface area (Å²) in [5.74, 6) is -1.32. The molecular formula is C4H2Cl4O2. The number of alkyl halides is 2. The van der Waals surface area contributed by atoms with Crippen LogP contribution in [0.4, 0.5) is 0 Å². The zero-order valence-corrected chi connectivity index (χ0v) is 7.47. The summed E-state index contributed by atoms with van der Waals surface area (Å²) in [7, 11) is 0. The molecule has 10 heavy (non-hydrogen) atoms. The number of carbonyl (C=O) groups is 1. The maximum Gasteiger partial charge on any atom is 0.336 e. The maximum atomic E-state index is 10.2. The van der Waals surface area contributed by atoms with E-state index in [2.05, 4.69) is 0 Å². The quantitative estimate of drug-likeness (QED) is 0.577. The van der Waals surface area contributed by atoms with Crippen LogP contribution in [0.1, 0.15) is 0 Å². The number of hydrogen-bond acceptors (Lipinski definition) is 1. The molecule has 0 rings (SSSR count). The molecule has 0 amide bonds. The van der Waals surface area contributed by atoms with Crippen LogP contribution in [-0.2, 0) is 4.79 Å². The molecule has 2 nitrogen and oxygen atoms in total. The van der Waals surface area contributed by atoms with E-state index in [-0.39, 0.29) is 0 Å². The average molecular weight is 224 g/mol. The van der Waals surface area contributed by atoms with Crippen molar-refractivity contribution in [2.75, 3.05) is 0 Å². The van der Waals surface area contributed by atoms with Crippen molar-refractivity contribution in [1.82, 2.24) is 0 Å². The molecule has 6 heteroatoms. The molecule has 0 aliphatic carbocycles. The van der Waals surface area contributed by atoms with Gasteiger partial charge in [0.1, 0.15) is 9.33 Å². The summed E-state index contributed by atoms with van der Waals surface area (Å²) in [6, 6.07) is 0. The van der Waals surface area contributed by atoms with Gasteiger partial charge in [0.05, 0.1) is 5.57 Å². The summed E-state index contributed by atoms with van der Waals surface area (Å²) in [4.78, 5) is 8.98. The lowest BCUT2D eigenvalue weighted by molar-refractivity contribution is -0.132. The first-order chi connectivity index (χ1) is 4.46. The molecule has 0 bridgehead atoms. The molecule has 0 spiro atoms. The Balaban J connectivity index is 4.61. The molecule has 1 N–H and O–H groups in total. The third-order valence-corrected chi connectivity index (χ3v) is 1.50. The Morgan fingerprint density at radius 3 is 1.70 bits per heavy atom. The number of halogens is 4. The molecule has 58 valence electrons. The van der Waals surface area contributed by atoms with E-state index in [4.69, 9.17) is 51.5 Å². The molecule has 0 heterocycles. The fourth-order valence-corrected chi connectivity index (χ4v) is 1.26. The predicted molar refractivity (Wildman–Crippen MR) is 41.9 cm³/mol. The van der Waals surface area contributed by atoms with E-state index in [0.29, 0.717) is 0 Å². The normalized spacial score (nSPS) is 9.70. The van der Waals surface area contributed by atoms with Gasteiger partial charge in [0, 0.05) is 0 Å². The largest absolute Gasteiger partial charge is 0.478 e. The maximum absolute atomic E-state index is 10.2. The lowest BCUT2D eigenvalue weighted by Crippen LogP contribution is -2.07. The van der Waals surface area contributed by atoms with Gasteiger partial charge in [-0.25, -0.2) is 4.79 Å². The van der Waals surface area contributed by atoms with Gasteiger partial charge in [0.25, 0.3) is 0 Å². The Kier molecular flexibility index (Phi) is 4.45. The van der Waals surface area contributed by atoms with Crippen molar-refractivity contribution in [2.45, 2.75) is 4.84 Å². The van der Waals surface area contributed by atoms with E-state index in [1.807, 2.05) is 0 Å². The van der Waals surface area contributed by atoms with Gasteiger partial charge in [-0.2, -0.15) is 0 Å². The monoisotopic (exact) mass is 222 g/mol. The Labute approximate surface area is 77.3 Å². The van der Waals surface area contributed by atoms with Crippen molar-refractivity contribution in [3.05, 3.63) is 10.1 Å². The number of hydrogen-bond donors (Lipinski definition) is 1. The van der Waals surface area contributed by atoms with Crippen LogP contribution < -0.4 is 0 Å². The first kappa shape index (κ1) is 10.4. The highest BCUT2D eigenvalue weighted by atomic mass is 35.5. The minimum absolute atomic E-state index is 0.410. The van der Waals surface area contributed by atoms with Gasteiger partial charge in [-0.3, -0.25) is 0 Å². The van der Waals surface area contributed by atoms with Crippen LogP contribution in [0.3, 0.4) is 0 Å². The summed E-state index contributed by atoms with van der Waals surface area (Å²) >= 11 is 20.6. The van der Waals surface area contributed by atoms with Gasteiger partial charge in [-0.15, -0.1) is 0 Å². The zero-order valence-electron chi connectivity index (χ0n) is 4.44. The second kappa shape index (κ2) is 4.29. The molecule has 0 aromatic heterocycles. The Morgan fingerprint density at radius 2 is 1.70 bits per heavy atom. The predicted octanol–water partition coefficient (Wildman–Crippen LogP) is 2.56. The fourth-order valence-electron chi connectivity index (χ4n) is 0.257. The molecule has 0 aliphatic heterocycles. The summed E-state index contributed by atoms with van der Waals surface area (Å²) in [6.45, 7) is 0. The van der Waals surface area contributed by atoms with Crippen molar-refractivity contribution < 1.29 is 9.90 Å². The SMILES string of the molecule is O=C(O)C(=C(Cl)Cl)C(Cl)Cl. The molecule has 0 aliphatic rings. The summed E-state index contributed by atoms with van der Waals surface area (Å²) in [6.07, 6.45) is 0. The summed E-state index contributed by atoms with van der Waals surface area (Å²) in [5, 5.41) is 8.32. The fraction of sp³-hybridized carbons (Fsp3) is 0.250. The molecule has 0 atom stereocenters. The Morgan fingerprint density at radius 1 is 1.30 bits per heavy atom. The van der Waals surface area contributed by atoms with Crippen molar-refractivity contribution in [3.8, 4) is 0 Å². The van der Waals surface area contributed by atoms with Crippen LogP contribution in [0.2, 0.25) is 0 Å². The number of aliphatic carboxylic acids is 1. The molecule has 0 unspecified atom stereocenters. The van der Waals surface area contributed by atoms with E-state index in [1.165, 1.54) is 0 Å². The lowest BCUT2D eigenvalue weighted by Gasteiger charge is -2.00. The van der Waals surface area contributed by atoms with E-state index in [0.717, 1.165) is 0 Å². The van der Waals surface area contributed by atoms with Crippen molar-refractivity contribution in [1.29, 1.82) is 0 Å². The first-order valence-electron chi connectivity index (χ1n) is 2.03. The van der Waals surface area contributed by atoms with Crippen LogP contribution in [0.5, 0.6) is 0 Å². The smallest absolute Gasteiger partial charge is 0.336 e. The molecule has 0 aromatic carbocycles. The van der Waals surface area contributed by atoms with E-state index in [9.17, 15) is 4.79 Å². The van der Waals surface area contributed by atoms with Crippen LogP contribution in [-0.4, -0.2) is 15.9 Å². The van der Waals surface area contributed by atoms with Crippen LogP contribution in [0.25, 0.3) is 0 Å². The first-order valence-corrected chi connectivity index (χ1v) is 3.66. The van der Waals surface area contributed by atoms with Gasteiger partial charge in [0.15, 0.2) is 0 Å². The highest BCUT2D eigenvalue weighted by Gasteiger charge is 2.18. The van der Waals surface area contributed by atoms with Crippen LogP contribution >= 0.6 is 46.4 Å². The van der Waals surface area contributed by atoms with Crippen LogP contribution in [0.15, 0.2) is 10.1 Å². The molecular weight excluding hydrogens is 222 g/mol. The van der Waals surface area contributed by atoms with E-state index >= 15 is 0 Å². The van der Waals surface area contributed by atoms with Crippen LogP contribution in [0, 0.1) is 0 Å². The second-order valence-electron chi connectivity index (χ2n) is 1.28. The van der Waals surface area contributed by atoms with Crippen molar-refractivity contribution >= 4 is 52.4 Å². The number of carboxylic acids is 1. The van der Waals surface area contributed by atoms with Crippen molar-refractivity contribution in [2.24, 2.45) is 0 Å². The molecule has 0 aromatic rings. The second-order valence-corrected chi connectivity index (χ2v) is 3.33. The van der Waals surface area contributed by atoms with Crippen molar-refractivity contribution in [3.63, 3.8) is 0 Å². The van der Waals surface area contributed by atoms with Gasteiger partial charge in [0.2, 0.25) is 0 Å². The topological polar surface area (TPSA) is 37.3 Å². The molecule has 0 saturated heterocycles. The number of rotatable bonds is 2. The highest BCUT2D eigenvalue weighted by Crippen LogP contribution is 2.23. The van der Waals surface area contributed by atoms with E-state index < -0.39 is 20.9 Å². The molecule has 0 fully saturated rings. The molecule has 0 saturated carbocycles. The third kappa shape index (κ3) is 2.97. The minimum atomic E-state index is -1.32. The standard InChI is InChI=1S/C4H2Cl4O2/c5-2(6)1(3(7)8)4(9)10/h2H,(H,9,10). The summed E-state index contributed by atoms with van der Waals surface area (Å²) < 4.78 is -0.428. The highest BCUT2D eigenvalue weighted by molar-refractivity contribution is 6.59.